The Morgan fingerprint density at radius 3 is 2.33 bits per heavy atom. The molecule has 0 aliphatic carbocycles. The minimum atomic E-state index is 0.00347. The Hall–Kier alpha value is -0.120. The summed E-state index contributed by atoms with van der Waals surface area (Å²) in [5.74, 6) is 0. The third-order valence-electron chi connectivity index (χ3n) is 2.94. The van der Waals surface area contributed by atoms with Crippen LogP contribution in [0.3, 0.4) is 0 Å². The molecule has 1 fully saturated rings. The maximum Gasteiger partial charge on any atom is 0.0846 e. The van der Waals surface area contributed by atoms with Crippen molar-refractivity contribution in [3.63, 3.8) is 0 Å². The standard InChI is InChI=1S/C12H25NO2/c1-11(2,3)9-13-10-12(14-4)5-7-15-8-6-12/h13H,5-10H2,1-4H3. The molecule has 90 valence electrons. The van der Waals surface area contributed by atoms with E-state index >= 15 is 0 Å². The van der Waals surface area contributed by atoms with E-state index in [1.165, 1.54) is 0 Å². The molecule has 0 unspecified atom stereocenters. The molecule has 0 bridgehead atoms. The first kappa shape index (κ1) is 12.9. The van der Waals surface area contributed by atoms with Crippen LogP contribution in [0.5, 0.6) is 0 Å². The van der Waals surface area contributed by atoms with Gasteiger partial charge in [-0.25, -0.2) is 0 Å². The number of methoxy groups -OCH3 is 1. The first-order valence-electron chi connectivity index (χ1n) is 5.81. The fraction of sp³-hybridized carbons (Fsp3) is 1.00. The number of ether oxygens (including phenoxy) is 2. The molecule has 1 saturated heterocycles. The first-order valence-corrected chi connectivity index (χ1v) is 5.81. The summed E-state index contributed by atoms with van der Waals surface area (Å²) < 4.78 is 11.0. The van der Waals surface area contributed by atoms with Crippen LogP contribution in [0.1, 0.15) is 33.6 Å². The highest BCUT2D eigenvalue weighted by atomic mass is 16.5. The minimum absolute atomic E-state index is 0.00347. The second-order valence-corrected chi connectivity index (χ2v) is 5.66. The fourth-order valence-electron chi connectivity index (χ4n) is 1.86. The molecule has 0 radical (unpaired) electrons. The van der Waals surface area contributed by atoms with E-state index in [-0.39, 0.29) is 5.60 Å². The molecule has 1 rings (SSSR count). The quantitative estimate of drug-likeness (QED) is 0.776. The maximum atomic E-state index is 5.65. The lowest BCUT2D eigenvalue weighted by Gasteiger charge is -2.36. The zero-order valence-corrected chi connectivity index (χ0v) is 10.6. The summed E-state index contributed by atoms with van der Waals surface area (Å²) in [5, 5.41) is 3.51. The van der Waals surface area contributed by atoms with E-state index in [1.807, 2.05) is 7.11 Å². The maximum absolute atomic E-state index is 5.65. The van der Waals surface area contributed by atoms with E-state index in [4.69, 9.17) is 9.47 Å². The number of hydrogen-bond acceptors (Lipinski definition) is 3. The summed E-state index contributed by atoms with van der Waals surface area (Å²) in [7, 11) is 1.81. The van der Waals surface area contributed by atoms with E-state index in [2.05, 4.69) is 26.1 Å². The van der Waals surface area contributed by atoms with Gasteiger partial charge in [0.15, 0.2) is 0 Å². The lowest BCUT2D eigenvalue weighted by atomic mass is 9.92. The molecule has 0 aromatic carbocycles. The molecular weight excluding hydrogens is 190 g/mol. The highest BCUT2D eigenvalue weighted by Crippen LogP contribution is 2.23. The Bertz CT molecular complexity index is 181. The number of rotatable bonds is 4. The van der Waals surface area contributed by atoms with Gasteiger partial charge >= 0.3 is 0 Å². The summed E-state index contributed by atoms with van der Waals surface area (Å²) in [6.45, 7) is 10.3. The summed E-state index contributed by atoms with van der Waals surface area (Å²) in [6, 6.07) is 0. The second kappa shape index (κ2) is 5.28. The van der Waals surface area contributed by atoms with Gasteiger partial charge in [-0.3, -0.25) is 0 Å². The van der Waals surface area contributed by atoms with E-state index < -0.39 is 0 Å². The van der Waals surface area contributed by atoms with Crippen LogP contribution in [-0.2, 0) is 9.47 Å². The molecule has 0 saturated carbocycles. The van der Waals surface area contributed by atoms with E-state index in [0.29, 0.717) is 5.41 Å². The largest absolute Gasteiger partial charge is 0.381 e. The predicted octanol–water partition coefficient (Wildman–Crippen LogP) is 1.82. The normalized spacial score (nSPS) is 21.6. The van der Waals surface area contributed by atoms with E-state index in [9.17, 15) is 0 Å². The van der Waals surface area contributed by atoms with Crippen LogP contribution in [0.2, 0.25) is 0 Å². The lowest BCUT2D eigenvalue weighted by molar-refractivity contribution is -0.0880. The predicted molar refractivity (Wildman–Crippen MR) is 62.1 cm³/mol. The van der Waals surface area contributed by atoms with Crippen molar-refractivity contribution < 1.29 is 9.47 Å². The third-order valence-corrected chi connectivity index (χ3v) is 2.94. The van der Waals surface area contributed by atoms with E-state index in [0.717, 1.165) is 39.1 Å². The highest BCUT2D eigenvalue weighted by molar-refractivity contribution is 4.86. The van der Waals surface area contributed by atoms with Gasteiger partial charge in [0.2, 0.25) is 0 Å². The van der Waals surface area contributed by atoms with Crippen LogP contribution in [0.4, 0.5) is 0 Å². The summed E-state index contributed by atoms with van der Waals surface area (Å²) in [5.41, 5.74) is 0.337. The topological polar surface area (TPSA) is 30.5 Å². The molecule has 1 aliphatic rings. The second-order valence-electron chi connectivity index (χ2n) is 5.66. The average Bonchev–Trinajstić information content (AvgIpc) is 2.17. The molecule has 0 aromatic rings. The molecule has 1 N–H and O–H groups in total. The Kier molecular flexibility index (Phi) is 4.56. The van der Waals surface area contributed by atoms with Crippen LogP contribution >= 0.6 is 0 Å². The van der Waals surface area contributed by atoms with Crippen molar-refractivity contribution in [2.24, 2.45) is 5.41 Å². The summed E-state index contributed by atoms with van der Waals surface area (Å²) in [6.07, 6.45) is 2.00. The van der Waals surface area contributed by atoms with Gasteiger partial charge in [0.25, 0.3) is 0 Å². The highest BCUT2D eigenvalue weighted by Gasteiger charge is 2.32. The Balaban J connectivity index is 2.33. The van der Waals surface area contributed by atoms with Crippen LogP contribution in [-0.4, -0.2) is 39.0 Å². The molecule has 3 heteroatoms. The van der Waals surface area contributed by atoms with Gasteiger partial charge in [-0.2, -0.15) is 0 Å². The van der Waals surface area contributed by atoms with Crippen molar-refractivity contribution in [1.82, 2.24) is 5.32 Å². The molecule has 0 aromatic heterocycles. The lowest BCUT2D eigenvalue weighted by Crippen LogP contribution is -2.48. The molecule has 0 atom stereocenters. The monoisotopic (exact) mass is 215 g/mol. The molecule has 0 spiro atoms. The van der Waals surface area contributed by atoms with Crippen molar-refractivity contribution in [3.05, 3.63) is 0 Å². The van der Waals surface area contributed by atoms with Crippen LogP contribution in [0.15, 0.2) is 0 Å². The molecule has 15 heavy (non-hydrogen) atoms. The van der Waals surface area contributed by atoms with Crippen molar-refractivity contribution in [3.8, 4) is 0 Å². The van der Waals surface area contributed by atoms with E-state index in [1.54, 1.807) is 0 Å². The Labute approximate surface area is 93.5 Å². The average molecular weight is 215 g/mol. The first-order chi connectivity index (χ1) is 6.97. The molecule has 3 nitrogen and oxygen atoms in total. The van der Waals surface area contributed by atoms with Crippen molar-refractivity contribution in [2.75, 3.05) is 33.4 Å². The van der Waals surface area contributed by atoms with Crippen molar-refractivity contribution in [1.29, 1.82) is 0 Å². The van der Waals surface area contributed by atoms with Crippen LogP contribution in [0.25, 0.3) is 0 Å². The van der Waals surface area contributed by atoms with Crippen LogP contribution in [0, 0.1) is 5.41 Å². The minimum Gasteiger partial charge on any atom is -0.381 e. The summed E-state index contributed by atoms with van der Waals surface area (Å²) >= 11 is 0. The van der Waals surface area contributed by atoms with Gasteiger partial charge in [-0.15, -0.1) is 0 Å². The van der Waals surface area contributed by atoms with Crippen molar-refractivity contribution in [2.45, 2.75) is 39.2 Å². The van der Waals surface area contributed by atoms with Gasteiger partial charge in [0.05, 0.1) is 5.60 Å². The number of nitrogens with one attached hydrogen (secondary N) is 1. The summed E-state index contributed by atoms with van der Waals surface area (Å²) in [4.78, 5) is 0. The van der Waals surface area contributed by atoms with Crippen LogP contribution < -0.4 is 5.32 Å². The Morgan fingerprint density at radius 2 is 1.87 bits per heavy atom. The van der Waals surface area contributed by atoms with Crippen molar-refractivity contribution >= 4 is 0 Å². The molecule has 0 amide bonds. The smallest absolute Gasteiger partial charge is 0.0846 e. The molecule has 1 aliphatic heterocycles. The van der Waals surface area contributed by atoms with Gasteiger partial charge in [0, 0.05) is 46.3 Å². The zero-order chi connectivity index (χ0) is 11.4. The zero-order valence-electron chi connectivity index (χ0n) is 10.6. The SMILES string of the molecule is COC1(CNCC(C)(C)C)CCOCC1. The van der Waals surface area contributed by atoms with Gasteiger partial charge in [-0.05, 0) is 5.41 Å². The molecule has 1 heterocycles. The molecular formula is C12H25NO2. The van der Waals surface area contributed by atoms with Gasteiger partial charge < -0.3 is 14.8 Å². The number of hydrogen-bond donors (Lipinski definition) is 1. The fourth-order valence-corrected chi connectivity index (χ4v) is 1.86. The van der Waals surface area contributed by atoms with Gasteiger partial charge in [0.1, 0.15) is 0 Å². The Morgan fingerprint density at radius 1 is 1.27 bits per heavy atom. The van der Waals surface area contributed by atoms with Gasteiger partial charge in [-0.1, -0.05) is 20.8 Å². The third kappa shape index (κ3) is 4.49.